The van der Waals surface area contributed by atoms with E-state index in [0.717, 1.165) is 0 Å². The van der Waals surface area contributed by atoms with Crippen molar-refractivity contribution in [2.24, 2.45) is 0 Å². The molecule has 0 aromatic heterocycles. The number of carboxylic acid groups (broad SMARTS) is 1. The summed E-state index contributed by atoms with van der Waals surface area (Å²) in [4.78, 5) is 10.5. The zero-order valence-electron chi connectivity index (χ0n) is 8.86. The molecule has 5 nitrogen and oxygen atoms in total. The Morgan fingerprint density at radius 2 is 2.40 bits per heavy atom. The zero-order chi connectivity index (χ0) is 11.1. The molecule has 0 amide bonds. The Morgan fingerprint density at radius 1 is 1.60 bits per heavy atom. The molecular formula is C10H17NO4. The molecule has 0 aromatic carbocycles. The van der Waals surface area contributed by atoms with Gasteiger partial charge in [-0.2, -0.15) is 0 Å². The fraction of sp³-hybridized carbons (Fsp3) is 0.700. The normalized spacial score (nSPS) is 22.7. The second-order valence-electron chi connectivity index (χ2n) is 3.42. The van der Waals surface area contributed by atoms with Crippen molar-refractivity contribution in [3.63, 3.8) is 0 Å². The molecule has 1 atom stereocenters. The maximum atomic E-state index is 10.5. The standard InChI is InChI=1S/C10H17NO4/c1-8(10(12)13)2-3-11-6-9-7-14-4-5-15-9/h2,9,11H,3-7H2,1H3,(H,12,13). The van der Waals surface area contributed by atoms with E-state index >= 15 is 0 Å². The van der Waals surface area contributed by atoms with Crippen molar-refractivity contribution in [1.82, 2.24) is 5.32 Å². The van der Waals surface area contributed by atoms with E-state index < -0.39 is 5.97 Å². The number of carboxylic acids is 1. The number of rotatable bonds is 5. The van der Waals surface area contributed by atoms with Crippen LogP contribution in [0.25, 0.3) is 0 Å². The van der Waals surface area contributed by atoms with Crippen LogP contribution in [-0.4, -0.2) is 50.1 Å². The van der Waals surface area contributed by atoms with Crippen LogP contribution < -0.4 is 5.32 Å². The van der Waals surface area contributed by atoms with Crippen molar-refractivity contribution in [2.45, 2.75) is 13.0 Å². The van der Waals surface area contributed by atoms with Crippen LogP contribution in [-0.2, 0) is 14.3 Å². The van der Waals surface area contributed by atoms with Gasteiger partial charge in [0, 0.05) is 18.7 Å². The largest absolute Gasteiger partial charge is 0.478 e. The van der Waals surface area contributed by atoms with E-state index in [4.69, 9.17) is 14.6 Å². The van der Waals surface area contributed by atoms with Crippen molar-refractivity contribution in [3.05, 3.63) is 11.6 Å². The lowest BCUT2D eigenvalue weighted by Gasteiger charge is -2.22. The minimum absolute atomic E-state index is 0.0808. The summed E-state index contributed by atoms with van der Waals surface area (Å²) in [6.07, 6.45) is 1.73. The maximum Gasteiger partial charge on any atom is 0.330 e. The van der Waals surface area contributed by atoms with Crippen molar-refractivity contribution in [1.29, 1.82) is 0 Å². The summed E-state index contributed by atoms with van der Waals surface area (Å²) in [6, 6.07) is 0. The fourth-order valence-electron chi connectivity index (χ4n) is 1.21. The van der Waals surface area contributed by atoms with Gasteiger partial charge in [-0.05, 0) is 6.92 Å². The first-order valence-corrected chi connectivity index (χ1v) is 5.00. The van der Waals surface area contributed by atoms with E-state index in [9.17, 15) is 4.79 Å². The second-order valence-corrected chi connectivity index (χ2v) is 3.42. The molecular weight excluding hydrogens is 198 g/mol. The summed E-state index contributed by atoms with van der Waals surface area (Å²) in [5, 5.41) is 11.7. The fourth-order valence-corrected chi connectivity index (χ4v) is 1.21. The lowest BCUT2D eigenvalue weighted by molar-refractivity contribution is -0.132. The lowest BCUT2D eigenvalue weighted by atomic mass is 10.3. The molecule has 0 spiro atoms. The third-order valence-electron chi connectivity index (χ3n) is 2.15. The number of hydrogen-bond donors (Lipinski definition) is 2. The molecule has 0 aromatic rings. The van der Waals surface area contributed by atoms with Crippen LogP contribution in [0.15, 0.2) is 11.6 Å². The van der Waals surface area contributed by atoms with Crippen LogP contribution in [0.1, 0.15) is 6.92 Å². The highest BCUT2D eigenvalue weighted by Crippen LogP contribution is 1.98. The highest BCUT2D eigenvalue weighted by Gasteiger charge is 2.12. The SMILES string of the molecule is CC(=CCNCC1COCCO1)C(=O)O. The van der Waals surface area contributed by atoms with Gasteiger partial charge in [0.25, 0.3) is 0 Å². The van der Waals surface area contributed by atoms with E-state index in [1.165, 1.54) is 0 Å². The van der Waals surface area contributed by atoms with Crippen molar-refractivity contribution in [3.8, 4) is 0 Å². The molecule has 0 bridgehead atoms. The molecule has 0 saturated carbocycles. The predicted molar refractivity (Wildman–Crippen MR) is 54.8 cm³/mol. The van der Waals surface area contributed by atoms with E-state index in [0.29, 0.717) is 38.5 Å². The number of carbonyl (C=O) groups is 1. The summed E-state index contributed by atoms with van der Waals surface area (Å²) >= 11 is 0. The van der Waals surface area contributed by atoms with Gasteiger partial charge >= 0.3 is 5.97 Å². The van der Waals surface area contributed by atoms with E-state index in [1.54, 1.807) is 13.0 Å². The molecule has 1 saturated heterocycles. The number of aliphatic carboxylic acids is 1. The van der Waals surface area contributed by atoms with Crippen LogP contribution in [0, 0.1) is 0 Å². The Morgan fingerprint density at radius 3 is 3.00 bits per heavy atom. The van der Waals surface area contributed by atoms with Crippen LogP contribution in [0.2, 0.25) is 0 Å². The average molecular weight is 215 g/mol. The molecule has 2 N–H and O–H groups in total. The second kappa shape index (κ2) is 6.55. The van der Waals surface area contributed by atoms with E-state index in [2.05, 4.69) is 5.32 Å². The number of nitrogens with one attached hydrogen (secondary N) is 1. The molecule has 0 radical (unpaired) electrons. The summed E-state index contributed by atoms with van der Waals surface area (Å²) in [7, 11) is 0. The molecule has 5 heteroatoms. The third kappa shape index (κ3) is 4.92. The highest BCUT2D eigenvalue weighted by atomic mass is 16.6. The van der Waals surface area contributed by atoms with Gasteiger partial charge < -0.3 is 19.9 Å². The van der Waals surface area contributed by atoms with Gasteiger partial charge in [0.15, 0.2) is 0 Å². The molecule has 1 aliphatic heterocycles. The molecule has 86 valence electrons. The summed E-state index contributed by atoms with van der Waals surface area (Å²) in [5.41, 5.74) is 0.350. The Kier molecular flexibility index (Phi) is 5.31. The van der Waals surface area contributed by atoms with Crippen molar-refractivity contribution < 1.29 is 19.4 Å². The zero-order valence-corrected chi connectivity index (χ0v) is 8.86. The number of hydrogen-bond acceptors (Lipinski definition) is 4. The molecule has 1 aliphatic rings. The predicted octanol–water partition coefficient (Wildman–Crippen LogP) is 0.0223. The van der Waals surface area contributed by atoms with Crippen LogP contribution in [0.3, 0.4) is 0 Å². The van der Waals surface area contributed by atoms with Gasteiger partial charge in [-0.25, -0.2) is 4.79 Å². The smallest absolute Gasteiger partial charge is 0.330 e. The van der Waals surface area contributed by atoms with Gasteiger partial charge in [-0.1, -0.05) is 6.08 Å². The van der Waals surface area contributed by atoms with Gasteiger partial charge in [-0.3, -0.25) is 0 Å². The minimum atomic E-state index is -0.881. The van der Waals surface area contributed by atoms with Crippen molar-refractivity contribution in [2.75, 3.05) is 32.9 Å². The van der Waals surface area contributed by atoms with Crippen LogP contribution >= 0.6 is 0 Å². The third-order valence-corrected chi connectivity index (χ3v) is 2.15. The Bertz CT molecular complexity index is 234. The maximum absolute atomic E-state index is 10.5. The van der Waals surface area contributed by atoms with E-state index in [1.807, 2.05) is 0 Å². The number of ether oxygens (including phenoxy) is 2. The highest BCUT2D eigenvalue weighted by molar-refractivity contribution is 5.85. The quantitative estimate of drug-likeness (QED) is 0.500. The molecule has 15 heavy (non-hydrogen) atoms. The Hall–Kier alpha value is -0.910. The van der Waals surface area contributed by atoms with Gasteiger partial charge in [0.1, 0.15) is 0 Å². The lowest BCUT2D eigenvalue weighted by Crippen LogP contribution is -2.37. The van der Waals surface area contributed by atoms with Crippen molar-refractivity contribution >= 4 is 5.97 Å². The molecule has 1 rings (SSSR count). The minimum Gasteiger partial charge on any atom is -0.478 e. The topological polar surface area (TPSA) is 67.8 Å². The summed E-state index contributed by atoms with van der Waals surface area (Å²) in [6.45, 7) is 4.70. The van der Waals surface area contributed by atoms with Gasteiger partial charge in [-0.15, -0.1) is 0 Å². The average Bonchev–Trinajstić information content (AvgIpc) is 2.25. The van der Waals surface area contributed by atoms with Crippen LogP contribution in [0.5, 0.6) is 0 Å². The Balaban J connectivity index is 2.10. The molecule has 1 fully saturated rings. The van der Waals surface area contributed by atoms with Crippen LogP contribution in [0.4, 0.5) is 0 Å². The molecule has 1 heterocycles. The van der Waals surface area contributed by atoms with Gasteiger partial charge in [0.2, 0.25) is 0 Å². The summed E-state index contributed by atoms with van der Waals surface area (Å²) < 4.78 is 10.6. The van der Waals surface area contributed by atoms with Gasteiger partial charge in [0.05, 0.1) is 25.9 Å². The molecule has 1 unspecified atom stereocenters. The monoisotopic (exact) mass is 215 g/mol. The van der Waals surface area contributed by atoms with E-state index in [-0.39, 0.29) is 6.10 Å². The molecule has 0 aliphatic carbocycles. The first kappa shape index (κ1) is 12.2. The first-order valence-electron chi connectivity index (χ1n) is 5.00. The first-order chi connectivity index (χ1) is 7.20. The Labute approximate surface area is 89.1 Å². The summed E-state index contributed by atoms with van der Waals surface area (Å²) in [5.74, 6) is -0.881.